The van der Waals surface area contributed by atoms with Gasteiger partial charge in [0.2, 0.25) is 15.9 Å². The van der Waals surface area contributed by atoms with Crippen molar-refractivity contribution in [1.29, 1.82) is 0 Å². The Bertz CT molecular complexity index is 558. The number of likely N-dealkylation sites (N-methyl/N-ethyl adjacent to an activating group) is 1. The molecule has 0 fully saturated rings. The first kappa shape index (κ1) is 16.5. The van der Waals surface area contributed by atoms with Crippen LogP contribution in [0.2, 0.25) is 0 Å². The van der Waals surface area contributed by atoms with Gasteiger partial charge in [-0.15, -0.1) is 0 Å². The van der Waals surface area contributed by atoms with E-state index in [1.165, 1.54) is 13.0 Å². The molecule has 0 saturated carbocycles. The van der Waals surface area contributed by atoms with Crippen LogP contribution in [0.15, 0.2) is 29.2 Å². The summed E-state index contributed by atoms with van der Waals surface area (Å²) in [7, 11) is -3.75. The standard InChI is InChI=1S/C13H21N3O3S/c1-4-14-11-8-6-7-9-12(11)20(18,19)16-10(3)13(17)15-5-2/h6-10,14,16H,4-5H2,1-3H3,(H,15,17). The molecule has 0 aliphatic carbocycles. The van der Waals surface area contributed by atoms with Crippen molar-refractivity contribution >= 4 is 21.6 Å². The zero-order valence-electron chi connectivity index (χ0n) is 11.9. The molecular formula is C13H21N3O3S. The quantitative estimate of drug-likeness (QED) is 0.699. The monoisotopic (exact) mass is 299 g/mol. The fraction of sp³-hybridized carbons (Fsp3) is 0.462. The summed E-state index contributed by atoms with van der Waals surface area (Å²) < 4.78 is 27.0. The van der Waals surface area contributed by atoms with E-state index >= 15 is 0 Å². The maximum atomic E-state index is 12.3. The summed E-state index contributed by atoms with van der Waals surface area (Å²) in [4.78, 5) is 11.7. The second-order valence-corrected chi connectivity index (χ2v) is 5.95. The summed E-state index contributed by atoms with van der Waals surface area (Å²) >= 11 is 0. The summed E-state index contributed by atoms with van der Waals surface area (Å²) in [5.41, 5.74) is 0.519. The maximum absolute atomic E-state index is 12.3. The molecule has 0 bridgehead atoms. The number of rotatable bonds is 7. The number of hydrogen-bond acceptors (Lipinski definition) is 4. The van der Waals surface area contributed by atoms with Crippen LogP contribution in [0.1, 0.15) is 20.8 Å². The molecule has 0 spiro atoms. The van der Waals surface area contributed by atoms with Crippen LogP contribution in [0.25, 0.3) is 0 Å². The highest BCUT2D eigenvalue weighted by molar-refractivity contribution is 7.89. The van der Waals surface area contributed by atoms with Crippen molar-refractivity contribution in [2.75, 3.05) is 18.4 Å². The molecule has 3 N–H and O–H groups in total. The number of anilines is 1. The Morgan fingerprint density at radius 3 is 2.45 bits per heavy atom. The number of sulfonamides is 1. The number of nitrogens with one attached hydrogen (secondary N) is 3. The van der Waals surface area contributed by atoms with Crippen LogP contribution in [-0.4, -0.2) is 33.5 Å². The fourth-order valence-corrected chi connectivity index (χ4v) is 3.10. The van der Waals surface area contributed by atoms with Gasteiger partial charge < -0.3 is 10.6 Å². The predicted octanol–water partition coefficient (Wildman–Crippen LogP) is 0.921. The summed E-state index contributed by atoms with van der Waals surface area (Å²) in [6.45, 7) is 6.24. The van der Waals surface area contributed by atoms with E-state index in [4.69, 9.17) is 0 Å². The van der Waals surface area contributed by atoms with Gasteiger partial charge in [0.15, 0.2) is 0 Å². The molecule has 112 valence electrons. The van der Waals surface area contributed by atoms with E-state index in [9.17, 15) is 13.2 Å². The topological polar surface area (TPSA) is 87.3 Å². The minimum atomic E-state index is -3.75. The first-order chi connectivity index (χ1) is 9.42. The molecule has 0 aliphatic rings. The Balaban J connectivity index is 2.97. The average Bonchev–Trinajstić information content (AvgIpc) is 2.39. The van der Waals surface area contributed by atoms with Crippen molar-refractivity contribution in [3.05, 3.63) is 24.3 Å². The van der Waals surface area contributed by atoms with E-state index in [2.05, 4.69) is 15.4 Å². The van der Waals surface area contributed by atoms with Gasteiger partial charge in [-0.3, -0.25) is 4.79 Å². The van der Waals surface area contributed by atoms with Crippen molar-refractivity contribution < 1.29 is 13.2 Å². The Morgan fingerprint density at radius 2 is 1.85 bits per heavy atom. The second kappa shape index (κ2) is 7.25. The van der Waals surface area contributed by atoms with E-state index in [1.807, 2.05) is 6.92 Å². The van der Waals surface area contributed by atoms with Crippen LogP contribution >= 0.6 is 0 Å². The minimum Gasteiger partial charge on any atom is -0.384 e. The highest BCUT2D eigenvalue weighted by Crippen LogP contribution is 2.20. The third kappa shape index (κ3) is 4.21. The molecule has 1 unspecified atom stereocenters. The molecule has 1 atom stereocenters. The SMILES string of the molecule is CCNC(=O)C(C)NS(=O)(=O)c1ccccc1NCC. The molecule has 1 aromatic rings. The molecule has 0 saturated heterocycles. The van der Waals surface area contributed by atoms with E-state index in [-0.39, 0.29) is 10.8 Å². The highest BCUT2D eigenvalue weighted by atomic mass is 32.2. The number of carbonyl (C=O) groups excluding carboxylic acids is 1. The number of carbonyl (C=O) groups is 1. The Hall–Kier alpha value is -1.60. The van der Waals surface area contributed by atoms with E-state index in [0.29, 0.717) is 18.8 Å². The lowest BCUT2D eigenvalue weighted by Gasteiger charge is -2.16. The van der Waals surface area contributed by atoms with Crippen LogP contribution in [0, 0.1) is 0 Å². The molecule has 1 amide bonds. The number of benzene rings is 1. The van der Waals surface area contributed by atoms with Gasteiger partial charge in [0.25, 0.3) is 0 Å². The van der Waals surface area contributed by atoms with E-state index < -0.39 is 16.1 Å². The van der Waals surface area contributed by atoms with E-state index in [0.717, 1.165) is 0 Å². The van der Waals surface area contributed by atoms with Crippen LogP contribution in [0.5, 0.6) is 0 Å². The first-order valence-corrected chi connectivity index (χ1v) is 8.03. The van der Waals surface area contributed by atoms with Crippen LogP contribution < -0.4 is 15.4 Å². The van der Waals surface area contributed by atoms with Gasteiger partial charge in [-0.2, -0.15) is 4.72 Å². The molecule has 20 heavy (non-hydrogen) atoms. The number of para-hydroxylation sites is 1. The Kier molecular flexibility index (Phi) is 5.97. The predicted molar refractivity (Wildman–Crippen MR) is 79.1 cm³/mol. The minimum absolute atomic E-state index is 0.137. The molecule has 0 aliphatic heterocycles. The molecule has 0 aromatic heterocycles. The van der Waals surface area contributed by atoms with Gasteiger partial charge in [0.1, 0.15) is 4.90 Å². The molecule has 1 aromatic carbocycles. The smallest absolute Gasteiger partial charge is 0.243 e. The lowest BCUT2D eigenvalue weighted by atomic mass is 10.3. The van der Waals surface area contributed by atoms with Crippen LogP contribution in [0.3, 0.4) is 0 Å². The molecule has 6 nitrogen and oxygen atoms in total. The second-order valence-electron chi connectivity index (χ2n) is 4.26. The van der Waals surface area contributed by atoms with Crippen molar-refractivity contribution in [2.45, 2.75) is 31.7 Å². The number of amides is 1. The van der Waals surface area contributed by atoms with Gasteiger partial charge in [-0.05, 0) is 32.9 Å². The number of hydrogen-bond donors (Lipinski definition) is 3. The summed E-state index contributed by atoms with van der Waals surface area (Å²) in [6.07, 6.45) is 0. The normalized spacial score (nSPS) is 12.8. The van der Waals surface area contributed by atoms with Crippen LogP contribution in [-0.2, 0) is 14.8 Å². The largest absolute Gasteiger partial charge is 0.384 e. The zero-order chi connectivity index (χ0) is 15.2. The van der Waals surface area contributed by atoms with Gasteiger partial charge in [-0.25, -0.2) is 8.42 Å². The summed E-state index contributed by atoms with van der Waals surface area (Å²) in [5, 5.41) is 5.57. The summed E-state index contributed by atoms with van der Waals surface area (Å²) in [6, 6.07) is 5.77. The van der Waals surface area contributed by atoms with E-state index in [1.54, 1.807) is 25.1 Å². The third-order valence-corrected chi connectivity index (χ3v) is 4.22. The summed E-state index contributed by atoms with van der Waals surface area (Å²) in [5.74, 6) is -0.350. The maximum Gasteiger partial charge on any atom is 0.243 e. The van der Waals surface area contributed by atoms with Crippen molar-refractivity contribution in [3.8, 4) is 0 Å². The van der Waals surface area contributed by atoms with Gasteiger partial charge in [0.05, 0.1) is 11.7 Å². The fourth-order valence-electron chi connectivity index (χ4n) is 1.71. The lowest BCUT2D eigenvalue weighted by molar-refractivity contribution is -0.122. The molecule has 1 rings (SSSR count). The highest BCUT2D eigenvalue weighted by Gasteiger charge is 2.23. The van der Waals surface area contributed by atoms with Gasteiger partial charge in [-0.1, -0.05) is 12.1 Å². The van der Waals surface area contributed by atoms with Crippen molar-refractivity contribution in [3.63, 3.8) is 0 Å². The van der Waals surface area contributed by atoms with Crippen molar-refractivity contribution in [1.82, 2.24) is 10.0 Å². The Labute approximate surface area is 120 Å². The average molecular weight is 299 g/mol. The molecular weight excluding hydrogens is 278 g/mol. The zero-order valence-corrected chi connectivity index (χ0v) is 12.8. The molecule has 7 heteroatoms. The first-order valence-electron chi connectivity index (χ1n) is 6.55. The van der Waals surface area contributed by atoms with Crippen molar-refractivity contribution in [2.24, 2.45) is 0 Å². The van der Waals surface area contributed by atoms with Crippen LogP contribution in [0.4, 0.5) is 5.69 Å². The third-order valence-electron chi connectivity index (χ3n) is 2.62. The van der Waals surface area contributed by atoms with Gasteiger partial charge >= 0.3 is 0 Å². The Morgan fingerprint density at radius 1 is 1.20 bits per heavy atom. The van der Waals surface area contributed by atoms with Gasteiger partial charge in [0, 0.05) is 13.1 Å². The molecule has 0 radical (unpaired) electrons. The molecule has 0 heterocycles. The lowest BCUT2D eigenvalue weighted by Crippen LogP contribution is -2.44.